The average molecular weight is 321 g/mol. The van der Waals surface area contributed by atoms with E-state index in [1.807, 2.05) is 0 Å². The zero-order chi connectivity index (χ0) is 17.5. The minimum atomic E-state index is -3.17. The van der Waals surface area contributed by atoms with Crippen molar-refractivity contribution in [3.63, 3.8) is 0 Å². The van der Waals surface area contributed by atoms with Crippen molar-refractivity contribution < 1.29 is 49.5 Å². The predicted molar refractivity (Wildman–Crippen MR) is 59.0 cm³/mol. The Balaban J connectivity index is 5.48. The molecular weight excluding hydrogens is 310 g/mol. The summed E-state index contributed by atoms with van der Waals surface area (Å²) in [5.74, 6) is -10.3. The van der Waals surface area contributed by atoms with Crippen molar-refractivity contribution in [3.8, 4) is 0 Å². The topological polar surface area (TPSA) is 219 Å². The Morgan fingerprint density at radius 2 is 1.00 bits per heavy atom. The molecule has 0 saturated heterocycles. The maximum atomic E-state index is 11.6. The van der Waals surface area contributed by atoms with E-state index < -0.39 is 53.5 Å². The fourth-order valence-electron chi connectivity index (χ4n) is 1.30. The number of aliphatic hydroxyl groups is 1. The molecule has 0 aromatic carbocycles. The van der Waals surface area contributed by atoms with Gasteiger partial charge in [0.05, 0.1) is 12.8 Å². The Labute approximate surface area is 120 Å². The molecule has 3 amide bonds. The summed E-state index contributed by atoms with van der Waals surface area (Å²) in [5, 5.41) is 34.7. The summed E-state index contributed by atoms with van der Waals surface area (Å²) in [5.41, 5.74) is -0.551. The summed E-state index contributed by atoms with van der Waals surface area (Å²) in [4.78, 5) is 66.8. The number of rotatable bonds is 8. The van der Waals surface area contributed by atoms with Gasteiger partial charge in [0, 0.05) is 0 Å². The zero-order valence-corrected chi connectivity index (χ0v) is 10.7. The fourth-order valence-corrected chi connectivity index (χ4v) is 1.30. The number of carbonyl (C=O) groups excluding carboxylic acids is 6. The van der Waals surface area contributed by atoms with E-state index in [0.717, 1.165) is 16.4 Å². The minimum absolute atomic E-state index is 0.832. The van der Waals surface area contributed by atoms with Crippen molar-refractivity contribution in [1.82, 2.24) is 16.4 Å². The van der Waals surface area contributed by atoms with Gasteiger partial charge in [-0.05, 0) is 0 Å². The van der Waals surface area contributed by atoms with Gasteiger partial charge in [0.25, 0.3) is 5.78 Å². The van der Waals surface area contributed by atoms with Gasteiger partial charge in [-0.2, -0.15) is 0 Å². The third kappa shape index (κ3) is 4.67. The van der Waals surface area contributed by atoms with Crippen molar-refractivity contribution >= 4 is 35.1 Å². The third-order valence-corrected chi connectivity index (χ3v) is 2.35. The second kappa shape index (κ2) is 7.89. The predicted octanol–water partition coefficient (Wildman–Crippen LogP) is -4.28. The van der Waals surface area contributed by atoms with Crippen molar-refractivity contribution in [2.24, 2.45) is 0 Å². The number of ketones is 3. The lowest BCUT2D eigenvalue weighted by Gasteiger charge is -2.23. The van der Waals surface area contributed by atoms with Crippen LogP contribution in [-0.2, 0) is 28.8 Å². The first-order chi connectivity index (χ1) is 10.1. The molecule has 0 saturated carbocycles. The fraction of sp³-hybridized carbons (Fsp3) is 0.333. The van der Waals surface area contributed by atoms with Crippen LogP contribution >= 0.6 is 0 Å². The van der Waals surface area contributed by atoms with Crippen LogP contribution in [0.4, 0.5) is 0 Å². The summed E-state index contributed by atoms with van der Waals surface area (Å²) < 4.78 is 0. The van der Waals surface area contributed by atoms with Crippen LogP contribution in [-0.4, -0.2) is 61.4 Å². The summed E-state index contributed by atoms with van der Waals surface area (Å²) in [6, 6.07) is 0. The molecule has 22 heavy (non-hydrogen) atoms. The molecule has 0 aromatic heterocycles. The molecule has 0 spiro atoms. The molecule has 0 heterocycles. The van der Waals surface area contributed by atoms with E-state index in [9.17, 15) is 33.9 Å². The molecule has 0 aliphatic heterocycles. The number of carbonyl (C=O) groups is 6. The van der Waals surface area contributed by atoms with Gasteiger partial charge in [0.2, 0.25) is 11.6 Å². The van der Waals surface area contributed by atoms with Crippen LogP contribution in [0, 0.1) is 0 Å². The number of Topliss-reactive ketones (excluding diaryl/α,β-unsaturated/α-hetero) is 3. The lowest BCUT2D eigenvalue weighted by atomic mass is 9.86. The van der Waals surface area contributed by atoms with Crippen LogP contribution < -0.4 is 16.4 Å². The molecule has 0 fully saturated rings. The SMILES string of the molecule is O=C(CC(O)(CC(=O)C(=O)NO)C(=O)C(=O)NO)C(=O)NO. The van der Waals surface area contributed by atoms with Crippen LogP contribution in [0.3, 0.4) is 0 Å². The lowest BCUT2D eigenvalue weighted by Crippen LogP contribution is -2.52. The highest BCUT2D eigenvalue weighted by atomic mass is 16.5. The maximum Gasteiger partial charge on any atom is 0.313 e. The largest absolute Gasteiger partial charge is 0.381 e. The number of hydroxylamine groups is 3. The van der Waals surface area contributed by atoms with Gasteiger partial charge in [0.15, 0.2) is 0 Å². The highest BCUT2D eigenvalue weighted by Gasteiger charge is 2.45. The Bertz CT molecular complexity index is 498. The Morgan fingerprint density at radius 3 is 1.27 bits per heavy atom. The van der Waals surface area contributed by atoms with Crippen molar-refractivity contribution in [3.05, 3.63) is 0 Å². The molecule has 0 aliphatic carbocycles. The molecular formula is C9H11N3O10. The number of hydrogen-bond donors (Lipinski definition) is 7. The Hall–Kier alpha value is -2.74. The van der Waals surface area contributed by atoms with E-state index in [2.05, 4.69) is 0 Å². The van der Waals surface area contributed by atoms with Crippen LogP contribution in [0.5, 0.6) is 0 Å². The Morgan fingerprint density at radius 1 is 0.682 bits per heavy atom. The first-order valence-corrected chi connectivity index (χ1v) is 5.28. The van der Waals surface area contributed by atoms with Crippen LogP contribution in [0.25, 0.3) is 0 Å². The summed E-state index contributed by atoms with van der Waals surface area (Å²) >= 11 is 0. The normalized spacial score (nSPS) is 10.4. The first-order valence-electron chi connectivity index (χ1n) is 5.28. The molecule has 0 radical (unpaired) electrons. The summed E-state index contributed by atoms with van der Waals surface area (Å²) in [6.45, 7) is 0. The van der Waals surface area contributed by atoms with Crippen LogP contribution in [0.1, 0.15) is 12.8 Å². The van der Waals surface area contributed by atoms with Gasteiger partial charge in [-0.3, -0.25) is 44.4 Å². The molecule has 0 bridgehead atoms. The zero-order valence-electron chi connectivity index (χ0n) is 10.7. The minimum Gasteiger partial charge on any atom is -0.381 e. The smallest absolute Gasteiger partial charge is 0.313 e. The molecule has 0 unspecified atom stereocenters. The molecule has 0 atom stereocenters. The van der Waals surface area contributed by atoms with E-state index in [4.69, 9.17) is 15.6 Å². The number of hydrogen-bond acceptors (Lipinski definition) is 10. The molecule has 0 aliphatic rings. The van der Waals surface area contributed by atoms with E-state index >= 15 is 0 Å². The van der Waals surface area contributed by atoms with E-state index in [-0.39, 0.29) is 0 Å². The lowest BCUT2D eigenvalue weighted by molar-refractivity contribution is -0.160. The highest BCUT2D eigenvalue weighted by molar-refractivity contribution is 6.44. The van der Waals surface area contributed by atoms with Crippen LogP contribution in [0.15, 0.2) is 0 Å². The second-order valence-electron chi connectivity index (χ2n) is 3.88. The standard InChI is InChI=1S/C9H11N3O10/c13-3(6(16)10-20)1-9(19,5(15)8(18)12-22)2-4(14)7(17)11-21/h19-22H,1-2H2,(H,10,16)(H,11,17)(H,12,18). The van der Waals surface area contributed by atoms with E-state index in [1.165, 1.54) is 0 Å². The van der Waals surface area contributed by atoms with Gasteiger partial charge in [0.1, 0.15) is 5.60 Å². The van der Waals surface area contributed by atoms with Gasteiger partial charge in [-0.25, -0.2) is 16.4 Å². The molecule has 0 aromatic rings. The van der Waals surface area contributed by atoms with Crippen molar-refractivity contribution in [1.29, 1.82) is 0 Å². The monoisotopic (exact) mass is 321 g/mol. The molecule has 13 heteroatoms. The van der Waals surface area contributed by atoms with Gasteiger partial charge in [-0.15, -0.1) is 0 Å². The summed E-state index contributed by atoms with van der Waals surface area (Å²) in [6.07, 6.45) is -2.92. The van der Waals surface area contributed by atoms with Crippen molar-refractivity contribution in [2.45, 2.75) is 18.4 Å². The first kappa shape index (κ1) is 19.3. The molecule has 7 N–H and O–H groups in total. The van der Waals surface area contributed by atoms with E-state index in [1.54, 1.807) is 0 Å². The third-order valence-electron chi connectivity index (χ3n) is 2.35. The summed E-state index contributed by atoms with van der Waals surface area (Å²) in [7, 11) is 0. The number of amides is 3. The second-order valence-corrected chi connectivity index (χ2v) is 3.88. The molecule has 122 valence electrons. The maximum absolute atomic E-state index is 11.6. The van der Waals surface area contributed by atoms with Gasteiger partial charge < -0.3 is 5.11 Å². The van der Waals surface area contributed by atoms with Gasteiger partial charge >= 0.3 is 17.7 Å². The quantitative estimate of drug-likeness (QED) is 0.129. The van der Waals surface area contributed by atoms with Crippen molar-refractivity contribution in [2.75, 3.05) is 0 Å². The van der Waals surface area contributed by atoms with E-state index in [0.29, 0.717) is 0 Å². The molecule has 0 rings (SSSR count). The highest BCUT2D eigenvalue weighted by Crippen LogP contribution is 2.18. The van der Waals surface area contributed by atoms with Gasteiger partial charge in [-0.1, -0.05) is 0 Å². The number of nitrogens with one attached hydrogen (secondary N) is 3. The molecule has 13 nitrogen and oxygen atoms in total. The van der Waals surface area contributed by atoms with Crippen LogP contribution in [0.2, 0.25) is 0 Å². The Kier molecular flexibility index (Phi) is 6.91. The average Bonchev–Trinajstić information content (AvgIpc) is 2.50.